The lowest BCUT2D eigenvalue weighted by Gasteiger charge is -2.00. The predicted octanol–water partition coefficient (Wildman–Crippen LogP) is 2.30. The Labute approximate surface area is 68.2 Å². The highest BCUT2D eigenvalue weighted by molar-refractivity contribution is 5.06. The SMILES string of the molecule is CCCCn1nc(C)cc1C. The number of rotatable bonds is 3. The van der Waals surface area contributed by atoms with Crippen molar-refractivity contribution in [3.8, 4) is 0 Å². The molecule has 0 atom stereocenters. The van der Waals surface area contributed by atoms with Crippen LogP contribution in [0.4, 0.5) is 0 Å². The first-order valence-corrected chi connectivity index (χ1v) is 4.25. The summed E-state index contributed by atoms with van der Waals surface area (Å²) >= 11 is 0. The van der Waals surface area contributed by atoms with Gasteiger partial charge in [0.25, 0.3) is 0 Å². The van der Waals surface area contributed by atoms with Crippen molar-refractivity contribution in [1.29, 1.82) is 0 Å². The Morgan fingerprint density at radius 2 is 2.18 bits per heavy atom. The summed E-state index contributed by atoms with van der Waals surface area (Å²) in [6, 6.07) is 2.12. The highest BCUT2D eigenvalue weighted by atomic mass is 15.3. The van der Waals surface area contributed by atoms with E-state index in [0.29, 0.717) is 0 Å². The maximum Gasteiger partial charge on any atom is 0.0596 e. The highest BCUT2D eigenvalue weighted by Gasteiger charge is 1.98. The molecule has 0 aliphatic heterocycles. The standard InChI is InChI=1S/C9H16N2/c1-4-5-6-11-9(3)7-8(2)10-11/h7H,4-6H2,1-3H3. The number of unbranched alkanes of at least 4 members (excludes halogenated alkanes) is 1. The van der Waals surface area contributed by atoms with E-state index in [1.54, 1.807) is 0 Å². The van der Waals surface area contributed by atoms with Gasteiger partial charge in [-0.15, -0.1) is 0 Å². The molecule has 0 N–H and O–H groups in total. The molecular formula is C9H16N2. The van der Waals surface area contributed by atoms with Gasteiger partial charge in [-0.1, -0.05) is 13.3 Å². The molecule has 2 heteroatoms. The lowest BCUT2D eigenvalue weighted by Crippen LogP contribution is -2.01. The Bertz CT molecular complexity index is 225. The zero-order valence-electron chi connectivity index (χ0n) is 7.59. The first-order chi connectivity index (χ1) is 5.24. The summed E-state index contributed by atoms with van der Waals surface area (Å²) in [5, 5.41) is 4.36. The summed E-state index contributed by atoms with van der Waals surface area (Å²) in [7, 11) is 0. The summed E-state index contributed by atoms with van der Waals surface area (Å²) in [4.78, 5) is 0. The van der Waals surface area contributed by atoms with Gasteiger partial charge < -0.3 is 0 Å². The monoisotopic (exact) mass is 152 g/mol. The number of aryl methyl sites for hydroxylation is 3. The van der Waals surface area contributed by atoms with Gasteiger partial charge in [0, 0.05) is 12.2 Å². The fourth-order valence-corrected chi connectivity index (χ4v) is 1.21. The summed E-state index contributed by atoms with van der Waals surface area (Å²) in [6.07, 6.45) is 2.46. The average Bonchev–Trinajstić information content (AvgIpc) is 2.26. The Kier molecular flexibility index (Phi) is 2.69. The lowest BCUT2D eigenvalue weighted by molar-refractivity contribution is 0.556. The van der Waals surface area contributed by atoms with Crippen LogP contribution in [0.1, 0.15) is 31.2 Å². The topological polar surface area (TPSA) is 17.8 Å². The van der Waals surface area contributed by atoms with Crippen LogP contribution in [0.5, 0.6) is 0 Å². The summed E-state index contributed by atoms with van der Waals surface area (Å²) in [5.41, 5.74) is 2.40. The quantitative estimate of drug-likeness (QED) is 0.649. The van der Waals surface area contributed by atoms with Crippen molar-refractivity contribution in [2.45, 2.75) is 40.2 Å². The third-order valence-corrected chi connectivity index (χ3v) is 1.83. The number of aromatic nitrogens is 2. The smallest absolute Gasteiger partial charge is 0.0596 e. The second kappa shape index (κ2) is 3.56. The van der Waals surface area contributed by atoms with Crippen LogP contribution < -0.4 is 0 Å². The molecule has 1 aromatic rings. The zero-order chi connectivity index (χ0) is 8.27. The lowest BCUT2D eigenvalue weighted by atomic mass is 10.3. The normalized spacial score (nSPS) is 10.5. The zero-order valence-corrected chi connectivity index (χ0v) is 7.59. The third-order valence-electron chi connectivity index (χ3n) is 1.83. The molecule has 1 aromatic heterocycles. The molecule has 0 aliphatic rings. The van der Waals surface area contributed by atoms with E-state index in [-0.39, 0.29) is 0 Å². The first kappa shape index (κ1) is 8.31. The van der Waals surface area contributed by atoms with Crippen LogP contribution in [-0.4, -0.2) is 9.78 Å². The van der Waals surface area contributed by atoms with Gasteiger partial charge in [-0.2, -0.15) is 5.10 Å². The van der Waals surface area contributed by atoms with Crippen LogP contribution in [0.25, 0.3) is 0 Å². The summed E-state index contributed by atoms with van der Waals surface area (Å²) < 4.78 is 2.08. The van der Waals surface area contributed by atoms with Crippen LogP contribution in [-0.2, 0) is 6.54 Å². The molecular weight excluding hydrogens is 136 g/mol. The average molecular weight is 152 g/mol. The van der Waals surface area contributed by atoms with Gasteiger partial charge in [0.15, 0.2) is 0 Å². The van der Waals surface area contributed by atoms with E-state index in [9.17, 15) is 0 Å². The Balaban J connectivity index is 2.62. The fraction of sp³-hybridized carbons (Fsp3) is 0.667. The predicted molar refractivity (Wildman–Crippen MR) is 46.6 cm³/mol. The molecule has 2 nitrogen and oxygen atoms in total. The van der Waals surface area contributed by atoms with E-state index in [0.717, 1.165) is 12.2 Å². The van der Waals surface area contributed by atoms with Crippen molar-refractivity contribution in [1.82, 2.24) is 9.78 Å². The van der Waals surface area contributed by atoms with Gasteiger partial charge in [-0.25, -0.2) is 0 Å². The molecule has 1 rings (SSSR count). The highest BCUT2D eigenvalue weighted by Crippen LogP contribution is 2.03. The molecule has 11 heavy (non-hydrogen) atoms. The van der Waals surface area contributed by atoms with Gasteiger partial charge in [0.1, 0.15) is 0 Å². The van der Waals surface area contributed by atoms with Crippen LogP contribution in [0, 0.1) is 13.8 Å². The molecule has 0 fully saturated rings. The van der Waals surface area contributed by atoms with E-state index in [1.165, 1.54) is 18.5 Å². The molecule has 0 aliphatic carbocycles. The second-order valence-corrected chi connectivity index (χ2v) is 3.00. The van der Waals surface area contributed by atoms with Crippen molar-refractivity contribution < 1.29 is 0 Å². The number of hydrogen-bond acceptors (Lipinski definition) is 1. The maximum absolute atomic E-state index is 4.36. The van der Waals surface area contributed by atoms with E-state index >= 15 is 0 Å². The molecule has 0 saturated heterocycles. The maximum atomic E-state index is 4.36. The molecule has 62 valence electrons. The minimum Gasteiger partial charge on any atom is -0.270 e. The van der Waals surface area contributed by atoms with Gasteiger partial charge in [0.05, 0.1) is 5.69 Å². The number of nitrogens with zero attached hydrogens (tertiary/aromatic N) is 2. The van der Waals surface area contributed by atoms with E-state index in [1.807, 2.05) is 6.92 Å². The minimum absolute atomic E-state index is 1.07. The van der Waals surface area contributed by atoms with Crippen molar-refractivity contribution in [2.75, 3.05) is 0 Å². The minimum atomic E-state index is 1.07. The molecule has 0 unspecified atom stereocenters. The summed E-state index contributed by atoms with van der Waals surface area (Å²) in [6.45, 7) is 7.41. The van der Waals surface area contributed by atoms with Crippen LogP contribution in [0.15, 0.2) is 6.07 Å². The van der Waals surface area contributed by atoms with Crippen LogP contribution in [0.2, 0.25) is 0 Å². The van der Waals surface area contributed by atoms with Crippen molar-refractivity contribution >= 4 is 0 Å². The van der Waals surface area contributed by atoms with E-state index < -0.39 is 0 Å². The van der Waals surface area contributed by atoms with Crippen molar-refractivity contribution in [3.63, 3.8) is 0 Å². The molecule has 0 saturated carbocycles. The largest absolute Gasteiger partial charge is 0.270 e. The molecule has 1 heterocycles. The van der Waals surface area contributed by atoms with Gasteiger partial charge >= 0.3 is 0 Å². The van der Waals surface area contributed by atoms with Crippen LogP contribution in [0.3, 0.4) is 0 Å². The summed E-state index contributed by atoms with van der Waals surface area (Å²) in [5.74, 6) is 0. The van der Waals surface area contributed by atoms with Gasteiger partial charge in [-0.3, -0.25) is 4.68 Å². The van der Waals surface area contributed by atoms with Crippen molar-refractivity contribution in [2.24, 2.45) is 0 Å². The fourth-order valence-electron chi connectivity index (χ4n) is 1.21. The third kappa shape index (κ3) is 2.07. The molecule has 0 bridgehead atoms. The molecule has 0 amide bonds. The van der Waals surface area contributed by atoms with E-state index in [4.69, 9.17) is 0 Å². The van der Waals surface area contributed by atoms with E-state index in [2.05, 4.69) is 29.7 Å². The first-order valence-electron chi connectivity index (χ1n) is 4.25. The van der Waals surface area contributed by atoms with Gasteiger partial charge in [0.2, 0.25) is 0 Å². The Morgan fingerprint density at radius 1 is 1.45 bits per heavy atom. The second-order valence-electron chi connectivity index (χ2n) is 3.00. The molecule has 0 aromatic carbocycles. The Morgan fingerprint density at radius 3 is 2.64 bits per heavy atom. The van der Waals surface area contributed by atoms with Crippen LogP contribution >= 0.6 is 0 Å². The number of hydrogen-bond donors (Lipinski definition) is 0. The van der Waals surface area contributed by atoms with Crippen molar-refractivity contribution in [3.05, 3.63) is 17.5 Å². The Hall–Kier alpha value is -0.790. The van der Waals surface area contributed by atoms with Gasteiger partial charge in [-0.05, 0) is 26.3 Å². The molecule has 0 spiro atoms. The molecule has 0 radical (unpaired) electrons.